The van der Waals surface area contributed by atoms with Crippen LogP contribution in [0.15, 0.2) is 29.1 Å². The summed E-state index contributed by atoms with van der Waals surface area (Å²) in [5.41, 5.74) is -0.0590. The molecule has 3 heteroatoms. The van der Waals surface area contributed by atoms with Crippen LogP contribution in [0, 0.1) is 0 Å². The average molecular weight is 231 g/mol. The summed E-state index contributed by atoms with van der Waals surface area (Å²) < 4.78 is 1.07. The summed E-state index contributed by atoms with van der Waals surface area (Å²) in [6, 6.07) is 7.76. The minimum Gasteiger partial charge on any atom is -0.267 e. The van der Waals surface area contributed by atoms with Gasteiger partial charge in [0, 0.05) is 10.6 Å². The lowest BCUT2D eigenvalue weighted by Gasteiger charge is -2.07. The number of nitrogens with zero attached hydrogens (tertiary/aromatic N) is 1. The van der Waals surface area contributed by atoms with Crippen LogP contribution < -0.4 is 5.56 Å². The van der Waals surface area contributed by atoms with Crippen molar-refractivity contribution in [3.63, 3.8) is 0 Å². The van der Waals surface area contributed by atoms with Crippen molar-refractivity contribution in [3.8, 4) is 0 Å². The van der Waals surface area contributed by atoms with Gasteiger partial charge in [-0.25, -0.2) is 4.98 Å². The number of aromatic nitrogens is 1. The number of hydrogen-bond acceptors (Lipinski definition) is 3. The third-order valence-electron chi connectivity index (χ3n) is 3.25. The molecule has 0 radical (unpaired) electrons. The highest BCUT2D eigenvalue weighted by Crippen LogP contribution is 2.35. The van der Waals surface area contributed by atoms with Gasteiger partial charge in [0.05, 0.1) is 5.39 Å². The Morgan fingerprint density at radius 3 is 2.75 bits per heavy atom. The van der Waals surface area contributed by atoms with Crippen LogP contribution in [-0.2, 0) is 0 Å². The lowest BCUT2D eigenvalue weighted by Crippen LogP contribution is -2.09. The van der Waals surface area contributed by atoms with E-state index < -0.39 is 0 Å². The molecule has 1 aromatic heterocycles. The van der Waals surface area contributed by atoms with Crippen LogP contribution in [0.4, 0.5) is 0 Å². The number of fused-ring (bicyclic) bond motifs is 1. The first kappa shape index (κ1) is 9.97. The fourth-order valence-electron chi connectivity index (χ4n) is 2.38. The van der Waals surface area contributed by atoms with Crippen molar-refractivity contribution in [2.75, 3.05) is 0 Å². The topological polar surface area (TPSA) is 30.0 Å². The van der Waals surface area contributed by atoms with Crippen LogP contribution in [0.3, 0.4) is 0 Å². The molecule has 0 amide bonds. The number of benzene rings is 1. The molecule has 1 aliphatic carbocycles. The molecule has 2 nitrogen and oxygen atoms in total. The summed E-state index contributed by atoms with van der Waals surface area (Å²) in [4.78, 5) is 16.1. The molecule has 1 aliphatic rings. The molecule has 0 bridgehead atoms. The summed E-state index contributed by atoms with van der Waals surface area (Å²) in [7, 11) is 0. The summed E-state index contributed by atoms with van der Waals surface area (Å²) in [5.74, 6) is 0.530. The van der Waals surface area contributed by atoms with E-state index in [1.807, 2.05) is 24.3 Å². The highest BCUT2D eigenvalue weighted by atomic mass is 32.1. The van der Waals surface area contributed by atoms with Crippen molar-refractivity contribution in [3.05, 3.63) is 39.6 Å². The molecule has 16 heavy (non-hydrogen) atoms. The Morgan fingerprint density at radius 1 is 1.19 bits per heavy atom. The van der Waals surface area contributed by atoms with E-state index in [-0.39, 0.29) is 5.56 Å². The second kappa shape index (κ2) is 3.98. The van der Waals surface area contributed by atoms with Crippen molar-refractivity contribution in [1.82, 2.24) is 4.98 Å². The van der Waals surface area contributed by atoms with Crippen LogP contribution in [0.2, 0.25) is 0 Å². The highest BCUT2D eigenvalue weighted by Gasteiger charge is 2.20. The van der Waals surface area contributed by atoms with Gasteiger partial charge in [-0.3, -0.25) is 4.79 Å². The van der Waals surface area contributed by atoms with Gasteiger partial charge >= 0.3 is 0 Å². The zero-order valence-electron chi connectivity index (χ0n) is 8.98. The SMILES string of the molecule is O=c1nc(C2CCCC2)sc2ccccc12. The first-order chi connectivity index (χ1) is 7.84. The number of rotatable bonds is 1. The third kappa shape index (κ3) is 1.65. The lowest BCUT2D eigenvalue weighted by atomic mass is 10.1. The second-order valence-electron chi connectivity index (χ2n) is 4.33. The van der Waals surface area contributed by atoms with Crippen LogP contribution >= 0.6 is 11.3 Å². The third-order valence-corrected chi connectivity index (χ3v) is 4.46. The molecular weight excluding hydrogens is 218 g/mol. The predicted octanol–water partition coefficient (Wildman–Crippen LogP) is 3.31. The van der Waals surface area contributed by atoms with E-state index in [0.717, 1.165) is 15.1 Å². The van der Waals surface area contributed by atoms with E-state index in [1.165, 1.54) is 25.7 Å². The zero-order valence-corrected chi connectivity index (χ0v) is 9.80. The monoisotopic (exact) mass is 231 g/mol. The van der Waals surface area contributed by atoms with E-state index in [1.54, 1.807) is 11.3 Å². The summed E-state index contributed by atoms with van der Waals surface area (Å²) in [6.45, 7) is 0. The molecule has 1 fully saturated rings. The maximum atomic E-state index is 11.9. The van der Waals surface area contributed by atoms with Crippen molar-refractivity contribution in [2.45, 2.75) is 31.6 Å². The van der Waals surface area contributed by atoms with Crippen LogP contribution in [0.25, 0.3) is 10.1 Å². The van der Waals surface area contributed by atoms with Crippen molar-refractivity contribution < 1.29 is 0 Å². The Morgan fingerprint density at radius 2 is 1.94 bits per heavy atom. The molecule has 3 rings (SSSR count). The minimum absolute atomic E-state index is 0.0590. The van der Waals surface area contributed by atoms with E-state index in [4.69, 9.17) is 0 Å². The molecule has 2 aromatic rings. The van der Waals surface area contributed by atoms with E-state index >= 15 is 0 Å². The van der Waals surface area contributed by atoms with Crippen LogP contribution in [0.1, 0.15) is 36.6 Å². The molecule has 1 saturated carbocycles. The first-order valence-electron chi connectivity index (χ1n) is 5.74. The smallest absolute Gasteiger partial charge is 0.267 e. The predicted molar refractivity (Wildman–Crippen MR) is 67.1 cm³/mol. The Bertz CT molecular complexity index is 569. The standard InChI is InChI=1S/C13H13NOS/c15-12-10-7-3-4-8-11(10)16-13(14-12)9-5-1-2-6-9/h3-4,7-9H,1-2,5-6H2. The summed E-state index contributed by atoms with van der Waals surface area (Å²) >= 11 is 1.69. The minimum atomic E-state index is -0.0590. The van der Waals surface area contributed by atoms with Crippen LogP contribution in [-0.4, -0.2) is 4.98 Å². The maximum absolute atomic E-state index is 11.9. The van der Waals surface area contributed by atoms with Gasteiger partial charge in [-0.1, -0.05) is 25.0 Å². The normalized spacial score (nSPS) is 17.0. The van der Waals surface area contributed by atoms with Gasteiger partial charge < -0.3 is 0 Å². The van der Waals surface area contributed by atoms with Crippen LogP contribution in [0.5, 0.6) is 0 Å². The summed E-state index contributed by atoms with van der Waals surface area (Å²) in [6.07, 6.45) is 4.95. The van der Waals surface area contributed by atoms with Gasteiger partial charge in [-0.15, -0.1) is 11.3 Å². The largest absolute Gasteiger partial charge is 0.279 e. The molecule has 82 valence electrons. The summed E-state index contributed by atoms with van der Waals surface area (Å²) in [5, 5.41) is 1.80. The molecule has 1 aromatic carbocycles. The first-order valence-corrected chi connectivity index (χ1v) is 6.56. The molecule has 0 atom stereocenters. The molecule has 1 heterocycles. The molecule has 0 unspecified atom stereocenters. The zero-order chi connectivity index (χ0) is 11.0. The fourth-order valence-corrected chi connectivity index (χ4v) is 3.54. The Balaban J connectivity index is 2.17. The van der Waals surface area contributed by atoms with E-state index in [2.05, 4.69) is 4.98 Å². The molecule has 0 aliphatic heterocycles. The maximum Gasteiger partial charge on any atom is 0.279 e. The van der Waals surface area contributed by atoms with E-state index in [9.17, 15) is 4.79 Å². The van der Waals surface area contributed by atoms with Gasteiger partial charge in [-0.05, 0) is 25.0 Å². The number of hydrogen-bond donors (Lipinski definition) is 0. The van der Waals surface area contributed by atoms with Crippen molar-refractivity contribution in [1.29, 1.82) is 0 Å². The lowest BCUT2D eigenvalue weighted by molar-refractivity contribution is 0.712. The molecule has 0 N–H and O–H groups in total. The van der Waals surface area contributed by atoms with Gasteiger partial charge in [0.15, 0.2) is 0 Å². The average Bonchev–Trinajstić information content (AvgIpc) is 2.82. The fraction of sp³-hybridized carbons (Fsp3) is 0.385. The van der Waals surface area contributed by atoms with Gasteiger partial charge in [0.25, 0.3) is 5.56 Å². The molecular formula is C13H13NOS. The van der Waals surface area contributed by atoms with Crippen molar-refractivity contribution >= 4 is 21.4 Å². The van der Waals surface area contributed by atoms with Gasteiger partial charge in [-0.2, -0.15) is 0 Å². The Kier molecular flexibility index (Phi) is 2.48. The highest BCUT2D eigenvalue weighted by molar-refractivity contribution is 7.18. The Labute approximate surface area is 98.0 Å². The van der Waals surface area contributed by atoms with E-state index in [0.29, 0.717) is 5.92 Å². The van der Waals surface area contributed by atoms with Gasteiger partial charge in [0.1, 0.15) is 5.01 Å². The quantitative estimate of drug-likeness (QED) is 0.753. The molecule has 0 saturated heterocycles. The molecule has 0 spiro atoms. The van der Waals surface area contributed by atoms with Gasteiger partial charge in [0.2, 0.25) is 0 Å². The van der Waals surface area contributed by atoms with Crippen molar-refractivity contribution in [2.24, 2.45) is 0 Å². The second-order valence-corrected chi connectivity index (χ2v) is 5.40. The Hall–Kier alpha value is -1.22.